The summed E-state index contributed by atoms with van der Waals surface area (Å²) in [6, 6.07) is 13.3. The predicted molar refractivity (Wildman–Crippen MR) is 103 cm³/mol. The first kappa shape index (κ1) is 19.3. The quantitative estimate of drug-likeness (QED) is 0.682. The van der Waals surface area contributed by atoms with E-state index in [1.807, 2.05) is 36.4 Å². The Morgan fingerprint density at radius 1 is 0.875 bits per heavy atom. The first-order valence-corrected chi connectivity index (χ1v) is 10.2. The maximum absolute atomic E-state index is 12.3. The zero-order valence-corrected chi connectivity index (χ0v) is 16.5. The van der Waals surface area contributed by atoms with Crippen molar-refractivity contribution in [2.45, 2.75) is 44.1 Å². The van der Waals surface area contributed by atoms with Crippen LogP contribution in [-0.2, 0) is 28.4 Å². The Balaban J connectivity index is 2.02. The summed E-state index contributed by atoms with van der Waals surface area (Å²) in [4.78, 5) is 0. The van der Waals surface area contributed by atoms with Crippen molar-refractivity contribution in [1.29, 1.82) is 0 Å². The van der Waals surface area contributed by atoms with E-state index in [4.69, 9.17) is 23.2 Å². The standard InChI is InChI=1S/C19H22Cl2O2S/c1-19(2,3)24(22,23)13-15-6-4-14(5-7-15)8-9-16-10-11-17(20)12-18(16)21/h4-7,10-12H,8-9,13H2,1-3H3. The molecule has 0 aliphatic rings. The highest BCUT2D eigenvalue weighted by atomic mass is 35.5. The molecule has 0 aromatic heterocycles. The number of hydrogen-bond donors (Lipinski definition) is 0. The molecule has 130 valence electrons. The van der Waals surface area contributed by atoms with E-state index in [1.165, 1.54) is 0 Å². The molecule has 2 aromatic carbocycles. The molecule has 0 radical (unpaired) electrons. The number of benzene rings is 2. The van der Waals surface area contributed by atoms with E-state index in [0.29, 0.717) is 10.0 Å². The van der Waals surface area contributed by atoms with Crippen molar-refractivity contribution in [2.75, 3.05) is 0 Å². The van der Waals surface area contributed by atoms with Crippen LogP contribution >= 0.6 is 23.2 Å². The van der Waals surface area contributed by atoms with Crippen molar-refractivity contribution in [2.24, 2.45) is 0 Å². The van der Waals surface area contributed by atoms with Gasteiger partial charge in [-0.2, -0.15) is 0 Å². The molecular formula is C19H22Cl2O2S. The van der Waals surface area contributed by atoms with Gasteiger partial charge in [-0.15, -0.1) is 0 Å². The average Bonchev–Trinajstić information content (AvgIpc) is 2.46. The molecule has 2 rings (SSSR count). The van der Waals surface area contributed by atoms with E-state index in [9.17, 15) is 8.42 Å². The summed E-state index contributed by atoms with van der Waals surface area (Å²) in [5.41, 5.74) is 3.02. The van der Waals surface area contributed by atoms with Gasteiger partial charge < -0.3 is 0 Å². The van der Waals surface area contributed by atoms with Gasteiger partial charge in [-0.1, -0.05) is 53.5 Å². The van der Waals surface area contributed by atoms with Crippen LogP contribution in [0.15, 0.2) is 42.5 Å². The summed E-state index contributed by atoms with van der Waals surface area (Å²) in [5.74, 6) is 0.0692. The molecule has 0 spiro atoms. The fraction of sp³-hybridized carbons (Fsp3) is 0.368. The number of sulfone groups is 1. The molecule has 0 atom stereocenters. The van der Waals surface area contributed by atoms with Crippen molar-refractivity contribution in [3.8, 4) is 0 Å². The molecule has 24 heavy (non-hydrogen) atoms. The Kier molecular flexibility index (Phi) is 6.00. The van der Waals surface area contributed by atoms with E-state index in [2.05, 4.69) is 0 Å². The second kappa shape index (κ2) is 7.47. The summed E-state index contributed by atoms with van der Waals surface area (Å²) in [6.07, 6.45) is 1.66. The lowest BCUT2D eigenvalue weighted by molar-refractivity contribution is 0.559. The van der Waals surface area contributed by atoms with E-state index >= 15 is 0 Å². The minimum absolute atomic E-state index is 0.0692. The van der Waals surface area contributed by atoms with Gasteiger partial charge >= 0.3 is 0 Å². The average molecular weight is 385 g/mol. The van der Waals surface area contributed by atoms with Crippen LogP contribution in [0.5, 0.6) is 0 Å². The van der Waals surface area contributed by atoms with E-state index in [1.54, 1.807) is 26.8 Å². The Morgan fingerprint density at radius 2 is 1.46 bits per heavy atom. The summed E-state index contributed by atoms with van der Waals surface area (Å²) < 4.78 is 23.8. The maximum atomic E-state index is 12.3. The molecule has 0 aliphatic heterocycles. The van der Waals surface area contributed by atoms with Crippen LogP contribution in [-0.4, -0.2) is 13.2 Å². The molecule has 2 aromatic rings. The van der Waals surface area contributed by atoms with Gasteiger partial charge in [-0.3, -0.25) is 0 Å². The van der Waals surface area contributed by atoms with Crippen molar-refractivity contribution in [1.82, 2.24) is 0 Å². The minimum atomic E-state index is -3.16. The maximum Gasteiger partial charge on any atom is 0.159 e. The van der Waals surface area contributed by atoms with Crippen LogP contribution in [0.3, 0.4) is 0 Å². The van der Waals surface area contributed by atoms with Gasteiger partial charge in [0, 0.05) is 10.0 Å². The number of halogens is 2. The summed E-state index contributed by atoms with van der Waals surface area (Å²) in [7, 11) is -3.16. The van der Waals surface area contributed by atoms with Gasteiger partial charge in [0.05, 0.1) is 10.5 Å². The summed E-state index contributed by atoms with van der Waals surface area (Å²) in [5, 5.41) is 1.31. The lowest BCUT2D eigenvalue weighted by Crippen LogP contribution is -2.29. The lowest BCUT2D eigenvalue weighted by atomic mass is 10.0. The van der Waals surface area contributed by atoms with Crippen molar-refractivity contribution in [3.63, 3.8) is 0 Å². The third-order valence-corrected chi connectivity index (χ3v) is 7.18. The Morgan fingerprint density at radius 3 is 2.00 bits per heavy atom. The molecular weight excluding hydrogens is 363 g/mol. The molecule has 0 aliphatic carbocycles. The molecule has 0 fully saturated rings. The van der Waals surface area contributed by atoms with Crippen LogP contribution in [0, 0.1) is 0 Å². The number of aryl methyl sites for hydroxylation is 2. The third kappa shape index (κ3) is 4.98. The van der Waals surface area contributed by atoms with Crippen LogP contribution in [0.4, 0.5) is 0 Å². The highest BCUT2D eigenvalue weighted by Crippen LogP contribution is 2.23. The van der Waals surface area contributed by atoms with Gasteiger partial charge in [0.25, 0.3) is 0 Å². The predicted octanol–water partition coefficient (Wildman–Crippen LogP) is 5.49. The van der Waals surface area contributed by atoms with Gasteiger partial charge in [-0.25, -0.2) is 8.42 Å². The first-order chi connectivity index (χ1) is 11.1. The second-order valence-electron chi connectivity index (χ2n) is 6.92. The van der Waals surface area contributed by atoms with Crippen LogP contribution < -0.4 is 0 Å². The Hall–Kier alpha value is -1.03. The SMILES string of the molecule is CC(C)(C)S(=O)(=O)Cc1ccc(CCc2ccc(Cl)cc2Cl)cc1. The highest BCUT2D eigenvalue weighted by Gasteiger charge is 2.28. The molecule has 0 saturated carbocycles. The van der Waals surface area contributed by atoms with Gasteiger partial charge in [-0.05, 0) is 62.4 Å². The van der Waals surface area contributed by atoms with Crippen LogP contribution in [0.1, 0.15) is 37.5 Å². The topological polar surface area (TPSA) is 34.1 Å². The van der Waals surface area contributed by atoms with Gasteiger partial charge in [0.1, 0.15) is 0 Å². The number of hydrogen-bond acceptors (Lipinski definition) is 2. The minimum Gasteiger partial charge on any atom is -0.228 e. The zero-order chi connectivity index (χ0) is 18.0. The summed E-state index contributed by atoms with van der Waals surface area (Å²) in [6.45, 7) is 5.19. The molecule has 5 heteroatoms. The molecule has 0 amide bonds. The normalized spacial score (nSPS) is 12.4. The molecule has 2 nitrogen and oxygen atoms in total. The summed E-state index contributed by atoms with van der Waals surface area (Å²) >= 11 is 12.1. The third-order valence-electron chi connectivity index (χ3n) is 4.01. The van der Waals surface area contributed by atoms with Crippen molar-refractivity contribution in [3.05, 3.63) is 69.2 Å². The lowest BCUT2D eigenvalue weighted by Gasteiger charge is -2.19. The van der Waals surface area contributed by atoms with Gasteiger partial charge in [0.2, 0.25) is 0 Å². The molecule has 0 unspecified atom stereocenters. The van der Waals surface area contributed by atoms with Crippen molar-refractivity contribution >= 4 is 33.0 Å². The fourth-order valence-electron chi connectivity index (χ4n) is 2.24. The molecule has 0 bridgehead atoms. The number of rotatable bonds is 5. The molecule has 0 heterocycles. The van der Waals surface area contributed by atoms with Crippen LogP contribution in [0.2, 0.25) is 10.0 Å². The first-order valence-electron chi connectivity index (χ1n) is 7.82. The van der Waals surface area contributed by atoms with Gasteiger partial charge in [0.15, 0.2) is 9.84 Å². The fourth-order valence-corrected chi connectivity index (χ4v) is 3.81. The zero-order valence-electron chi connectivity index (χ0n) is 14.1. The smallest absolute Gasteiger partial charge is 0.159 e. The Bertz CT molecular complexity index is 804. The largest absolute Gasteiger partial charge is 0.228 e. The van der Waals surface area contributed by atoms with Crippen LogP contribution in [0.25, 0.3) is 0 Å². The molecule has 0 saturated heterocycles. The van der Waals surface area contributed by atoms with E-state index < -0.39 is 14.6 Å². The monoisotopic (exact) mass is 384 g/mol. The molecule has 0 N–H and O–H groups in total. The highest BCUT2D eigenvalue weighted by molar-refractivity contribution is 7.91. The Labute approximate surface area is 154 Å². The van der Waals surface area contributed by atoms with E-state index in [-0.39, 0.29) is 5.75 Å². The van der Waals surface area contributed by atoms with Crippen molar-refractivity contribution < 1.29 is 8.42 Å². The second-order valence-corrected chi connectivity index (χ2v) is 10.5. The van der Waals surface area contributed by atoms with E-state index in [0.717, 1.165) is 29.5 Å².